The van der Waals surface area contributed by atoms with Gasteiger partial charge in [-0.25, -0.2) is 32.5 Å². The molecule has 9 amide bonds. The lowest BCUT2D eigenvalue weighted by atomic mass is 9.84. The molecule has 0 radical (unpaired) electrons. The van der Waals surface area contributed by atoms with Gasteiger partial charge in [-0.15, -0.1) is 0 Å². The topological polar surface area (TPSA) is 300 Å². The number of primary amides is 1. The maximum Gasteiger partial charge on any atom is 0.410 e. The van der Waals surface area contributed by atoms with Crippen LogP contribution in [0, 0.1) is 28.9 Å². The number of nitrogens with zero attached hydrogens (tertiary/aromatic N) is 5. The van der Waals surface area contributed by atoms with Gasteiger partial charge in [0.25, 0.3) is 17.7 Å². The Hall–Kier alpha value is -8.61. The summed E-state index contributed by atoms with van der Waals surface area (Å²) < 4.78 is 56.1. The molecule has 3 aromatic carbocycles. The van der Waals surface area contributed by atoms with Gasteiger partial charge in [0.1, 0.15) is 30.7 Å². The fourth-order valence-electron chi connectivity index (χ4n) is 9.52. The standard InChI is InChI=1S/C61H80F3N11O11/c1-39(2)54(71-50(77)17-11-8-12-29-74-51(78)24-25-52(74)79)49(76)32-42(16-13-27-67-58(66)82)57(81)69-45-21-18-41(19-22-45)37-85-59(83)68-28-31-72(6)60(84)86-38-53(80)75(30-26-44(65)34-62)55(61(3,4)5)56-70-48(46-33-43(63)20-23-47(46)64)36-73(56)35-40-14-9-7-10-15-40/h7,9-10,14-15,18-25,33,36,39,42,44,54-55H,8,11-13,16-17,26-32,34-35,37-38,65H2,1-6H3,(H,68,83)(H,69,81)(H,71,77)(H3,66,67,82)/t42-,44+,54+,55+/m1/s1. The molecule has 0 fully saturated rings. The van der Waals surface area contributed by atoms with E-state index in [4.69, 9.17) is 25.9 Å². The van der Waals surface area contributed by atoms with Gasteiger partial charge >= 0.3 is 18.2 Å². The number of rotatable bonds is 33. The minimum atomic E-state index is -0.930. The van der Waals surface area contributed by atoms with Crippen LogP contribution < -0.4 is 32.7 Å². The molecule has 22 nitrogen and oxygen atoms in total. The lowest BCUT2D eigenvalue weighted by Crippen LogP contribution is -2.46. The average Bonchev–Trinajstić information content (AvgIpc) is 1.76. The molecule has 2 heterocycles. The molecule has 86 heavy (non-hydrogen) atoms. The van der Waals surface area contributed by atoms with Crippen LogP contribution in [-0.4, -0.2) is 143 Å². The minimum Gasteiger partial charge on any atom is -0.445 e. The van der Waals surface area contributed by atoms with Crippen molar-refractivity contribution in [3.63, 3.8) is 0 Å². The Labute approximate surface area is 498 Å². The average molecular weight is 1200 g/mol. The summed E-state index contributed by atoms with van der Waals surface area (Å²) in [5.74, 6) is -4.86. The summed E-state index contributed by atoms with van der Waals surface area (Å²) in [7, 11) is 1.39. The number of urea groups is 1. The number of likely N-dealkylation sites (N-methyl/N-ethyl adjacent to an activating group) is 1. The van der Waals surface area contributed by atoms with Crippen LogP contribution >= 0.6 is 0 Å². The third kappa shape index (κ3) is 21.5. The number of imide groups is 1. The van der Waals surface area contributed by atoms with Gasteiger partial charge in [0.15, 0.2) is 12.4 Å². The second-order valence-corrected chi connectivity index (χ2v) is 22.5. The van der Waals surface area contributed by atoms with Crippen molar-refractivity contribution in [3.8, 4) is 11.3 Å². The zero-order valence-electron chi connectivity index (χ0n) is 49.6. The molecular formula is C61H80F3N11O11. The molecule has 4 atom stereocenters. The van der Waals surface area contributed by atoms with Gasteiger partial charge in [-0.05, 0) is 84.9 Å². The van der Waals surface area contributed by atoms with E-state index in [2.05, 4.69) is 21.3 Å². The number of ketones is 1. The van der Waals surface area contributed by atoms with Gasteiger partial charge in [0, 0.05) is 101 Å². The zero-order chi connectivity index (χ0) is 63.1. The molecule has 0 saturated heterocycles. The van der Waals surface area contributed by atoms with Crippen molar-refractivity contribution in [2.24, 2.45) is 28.7 Å². The summed E-state index contributed by atoms with van der Waals surface area (Å²) in [5.41, 5.74) is 12.2. The fraction of sp³-hybridized carbons (Fsp3) is 0.475. The second kappa shape index (κ2) is 33.2. The van der Waals surface area contributed by atoms with Crippen molar-refractivity contribution in [3.05, 3.63) is 120 Å². The number of nitrogens with two attached hydrogens (primary N) is 2. The first-order valence-corrected chi connectivity index (χ1v) is 28.6. The number of carbonyl (C=O) groups is 9. The molecule has 1 aliphatic rings. The van der Waals surface area contributed by atoms with E-state index in [1.807, 2.05) is 51.1 Å². The lowest BCUT2D eigenvalue weighted by Gasteiger charge is -2.40. The Morgan fingerprint density at radius 3 is 2.16 bits per heavy atom. The normalized spacial score (nSPS) is 13.6. The number of hydrogen-bond acceptors (Lipinski definition) is 13. The number of hydrogen-bond donors (Lipinski definition) is 6. The van der Waals surface area contributed by atoms with Crippen molar-refractivity contribution in [2.75, 3.05) is 58.4 Å². The number of carbonyl (C=O) groups excluding carboxylic acids is 9. The summed E-state index contributed by atoms with van der Waals surface area (Å²) in [6.45, 7) is 7.71. The SMILES string of the molecule is CC(C)[C@H](NC(=O)CCCCCN1C(=O)C=CC1=O)C(=O)C[C@@H](CCCNC(N)=O)C(=O)Nc1ccc(COC(=O)NCCN(C)C(=O)OCC(=O)N(CC[C@H](N)CF)[C@@H](c2nc(-c3cc(F)ccc3F)cn2Cc2ccccc2)C(C)(C)C)cc1. The lowest BCUT2D eigenvalue weighted by molar-refractivity contribution is -0.140. The van der Waals surface area contributed by atoms with Crippen LogP contribution in [0.15, 0.2) is 91.1 Å². The van der Waals surface area contributed by atoms with Gasteiger partial charge in [-0.2, -0.15) is 0 Å². The summed E-state index contributed by atoms with van der Waals surface area (Å²) in [6, 6.07) is 15.3. The number of ether oxygens (including phenoxy) is 2. The number of alkyl carbamates (subject to hydrolysis) is 1. The van der Waals surface area contributed by atoms with E-state index >= 15 is 4.39 Å². The third-order valence-corrected chi connectivity index (χ3v) is 14.1. The molecule has 5 rings (SSSR count). The van der Waals surface area contributed by atoms with E-state index in [0.29, 0.717) is 42.8 Å². The Morgan fingerprint density at radius 1 is 0.814 bits per heavy atom. The molecule has 1 aliphatic heterocycles. The summed E-state index contributed by atoms with van der Waals surface area (Å²) >= 11 is 0. The Kier molecular flexibility index (Phi) is 26.3. The van der Waals surface area contributed by atoms with E-state index in [9.17, 15) is 51.9 Å². The molecule has 8 N–H and O–H groups in total. The first-order chi connectivity index (χ1) is 40.8. The molecule has 0 saturated carbocycles. The maximum absolute atomic E-state index is 15.2. The maximum atomic E-state index is 15.2. The van der Waals surface area contributed by atoms with Crippen molar-refractivity contribution < 1.29 is 65.8 Å². The highest BCUT2D eigenvalue weighted by Gasteiger charge is 2.39. The van der Waals surface area contributed by atoms with E-state index < -0.39 is 84.4 Å². The number of benzene rings is 3. The zero-order valence-corrected chi connectivity index (χ0v) is 49.6. The molecule has 4 aromatic rings. The largest absolute Gasteiger partial charge is 0.445 e. The second-order valence-electron chi connectivity index (χ2n) is 22.5. The van der Waals surface area contributed by atoms with Crippen LogP contribution in [0.25, 0.3) is 11.3 Å². The van der Waals surface area contributed by atoms with Gasteiger partial charge in [-0.1, -0.05) is 83.5 Å². The van der Waals surface area contributed by atoms with Crippen LogP contribution in [0.4, 0.5) is 33.2 Å². The summed E-state index contributed by atoms with van der Waals surface area (Å²) in [6.07, 6.45) is 4.26. The Balaban J connectivity index is 1.12. The minimum absolute atomic E-state index is 0.0244. The quantitative estimate of drug-likeness (QED) is 0.0206. The number of imidazole rings is 1. The first kappa shape index (κ1) is 68.2. The summed E-state index contributed by atoms with van der Waals surface area (Å²) in [5, 5.41) is 10.6. The van der Waals surface area contributed by atoms with E-state index in [1.54, 1.807) is 48.9 Å². The van der Waals surface area contributed by atoms with Crippen LogP contribution in [0.3, 0.4) is 0 Å². The molecular weight excluding hydrogens is 1120 g/mol. The number of nitrogens with one attached hydrogen (secondary N) is 4. The van der Waals surface area contributed by atoms with Crippen molar-refractivity contribution in [1.82, 2.24) is 40.2 Å². The number of unbranched alkanes of at least 4 members (excludes halogenated alkanes) is 2. The van der Waals surface area contributed by atoms with E-state index in [-0.39, 0.29) is 112 Å². The van der Waals surface area contributed by atoms with Crippen LogP contribution in [0.5, 0.6) is 0 Å². The highest BCUT2D eigenvalue weighted by Crippen LogP contribution is 2.40. The van der Waals surface area contributed by atoms with Crippen LogP contribution in [-0.2, 0) is 51.4 Å². The molecule has 25 heteroatoms. The van der Waals surface area contributed by atoms with E-state index in [1.165, 1.54) is 24.1 Å². The van der Waals surface area contributed by atoms with Gasteiger partial charge < -0.3 is 56.6 Å². The highest BCUT2D eigenvalue weighted by atomic mass is 19.1. The first-order valence-electron chi connectivity index (χ1n) is 28.6. The number of anilines is 1. The van der Waals surface area contributed by atoms with Crippen LogP contribution in [0.1, 0.15) is 109 Å². The summed E-state index contributed by atoms with van der Waals surface area (Å²) in [4.78, 5) is 124. The predicted octanol–water partition coefficient (Wildman–Crippen LogP) is 7.06. The number of amides is 9. The van der Waals surface area contributed by atoms with Gasteiger partial charge in [0.05, 0.1) is 17.8 Å². The van der Waals surface area contributed by atoms with Gasteiger partial charge in [0.2, 0.25) is 11.8 Å². The predicted molar refractivity (Wildman–Crippen MR) is 314 cm³/mol. The fourth-order valence-corrected chi connectivity index (χ4v) is 9.52. The molecule has 0 aliphatic carbocycles. The highest BCUT2D eigenvalue weighted by molar-refractivity contribution is 6.12. The number of Topliss-reactive ketones (excluding diaryl/α,β-unsaturated/α-hetero) is 1. The third-order valence-electron chi connectivity index (χ3n) is 14.1. The van der Waals surface area contributed by atoms with Crippen molar-refractivity contribution >= 4 is 59.2 Å². The number of alkyl halides is 1. The molecule has 0 bridgehead atoms. The molecule has 0 spiro atoms. The smallest absolute Gasteiger partial charge is 0.410 e. The van der Waals surface area contributed by atoms with Crippen molar-refractivity contribution in [1.29, 1.82) is 0 Å². The Morgan fingerprint density at radius 2 is 1.51 bits per heavy atom. The molecule has 466 valence electrons. The Bertz CT molecular complexity index is 2990. The molecule has 1 aromatic heterocycles. The number of halogens is 3. The van der Waals surface area contributed by atoms with Crippen LogP contribution in [0.2, 0.25) is 0 Å². The van der Waals surface area contributed by atoms with Crippen molar-refractivity contribution in [2.45, 2.75) is 117 Å². The van der Waals surface area contributed by atoms with E-state index in [0.717, 1.165) is 33.6 Å². The van der Waals surface area contributed by atoms with Gasteiger partial charge in [-0.3, -0.25) is 33.7 Å². The number of aromatic nitrogens is 2. The monoisotopic (exact) mass is 1200 g/mol. The molecule has 0 unspecified atom stereocenters.